The summed E-state index contributed by atoms with van der Waals surface area (Å²) in [6.45, 7) is 0. The normalized spacial score (nSPS) is 10.4. The lowest BCUT2D eigenvalue weighted by Gasteiger charge is -1.96. The van der Waals surface area contributed by atoms with Gasteiger partial charge in [0.05, 0.1) is 0 Å². The minimum atomic E-state index is 1.07. The largest absolute Gasteiger partial charge is 0.244 e. The lowest BCUT2D eigenvalue weighted by Crippen LogP contribution is -1.77. The molecule has 3 aromatic rings. The number of aromatic nitrogens is 2. The van der Waals surface area contributed by atoms with Crippen molar-refractivity contribution >= 4 is 11.3 Å². The van der Waals surface area contributed by atoms with Crippen LogP contribution in [0.2, 0.25) is 0 Å². The maximum absolute atomic E-state index is 4.04. The highest BCUT2D eigenvalue weighted by Crippen LogP contribution is 2.33. The van der Waals surface area contributed by atoms with E-state index in [1.165, 1.54) is 15.3 Å². The molecule has 0 N–H and O–H groups in total. The van der Waals surface area contributed by atoms with Crippen molar-refractivity contribution < 1.29 is 0 Å². The van der Waals surface area contributed by atoms with Crippen LogP contribution in [0.25, 0.3) is 20.9 Å². The zero-order valence-electron chi connectivity index (χ0n) is 9.08. The van der Waals surface area contributed by atoms with Crippen LogP contribution in [0.3, 0.4) is 0 Å². The predicted octanol–water partition coefficient (Wildman–Crippen LogP) is 3.87. The Morgan fingerprint density at radius 3 is 2.06 bits per heavy atom. The Hall–Kier alpha value is -2.00. The maximum Gasteiger partial charge on any atom is 0.115 e. The quantitative estimate of drug-likeness (QED) is 0.677. The molecule has 0 spiro atoms. The van der Waals surface area contributed by atoms with Gasteiger partial charge in [0.15, 0.2) is 0 Å². The first-order valence-corrected chi connectivity index (χ1v) is 6.16. The molecule has 0 radical (unpaired) electrons. The Morgan fingerprint density at radius 1 is 0.706 bits per heavy atom. The Balaban J connectivity index is 1.99. The van der Waals surface area contributed by atoms with Gasteiger partial charge in [-0.05, 0) is 17.7 Å². The van der Waals surface area contributed by atoms with Crippen LogP contribution < -0.4 is 0 Å². The molecule has 1 aromatic carbocycles. The monoisotopic (exact) mass is 238 g/mol. The summed E-state index contributed by atoms with van der Waals surface area (Å²) in [7, 11) is 0. The summed E-state index contributed by atoms with van der Waals surface area (Å²) in [6, 6.07) is 14.6. The van der Waals surface area contributed by atoms with Gasteiger partial charge in [-0.1, -0.05) is 30.3 Å². The summed E-state index contributed by atoms with van der Waals surface area (Å²) in [5.74, 6) is 0. The fourth-order valence-corrected chi connectivity index (χ4v) is 2.66. The molecule has 0 saturated heterocycles. The first-order chi connectivity index (χ1) is 8.43. The Kier molecular flexibility index (Phi) is 2.68. The molecule has 0 aliphatic rings. The summed E-state index contributed by atoms with van der Waals surface area (Å²) < 4.78 is 0. The Labute approximate surface area is 104 Å². The van der Waals surface area contributed by atoms with Crippen molar-refractivity contribution in [3.63, 3.8) is 0 Å². The zero-order chi connectivity index (χ0) is 11.5. The average molecular weight is 238 g/mol. The second-order valence-corrected chi connectivity index (χ2v) is 4.74. The molecular weight excluding hydrogens is 228 g/mol. The second-order valence-electron chi connectivity index (χ2n) is 3.66. The maximum atomic E-state index is 4.04. The summed E-state index contributed by atoms with van der Waals surface area (Å²) in [4.78, 5) is 10.5. The molecular formula is C14H10N2S. The van der Waals surface area contributed by atoms with Crippen molar-refractivity contribution in [2.24, 2.45) is 0 Å². The first kappa shape index (κ1) is 10.2. The molecule has 3 rings (SSSR count). The van der Waals surface area contributed by atoms with Gasteiger partial charge in [-0.2, -0.15) is 0 Å². The van der Waals surface area contributed by atoms with E-state index in [2.05, 4.69) is 46.4 Å². The number of thiophene rings is 1. The summed E-state index contributed by atoms with van der Waals surface area (Å²) in [6.07, 6.45) is 5.23. The van der Waals surface area contributed by atoms with Gasteiger partial charge in [-0.15, -0.1) is 11.3 Å². The van der Waals surface area contributed by atoms with Crippen molar-refractivity contribution in [1.29, 1.82) is 0 Å². The molecule has 2 aromatic heterocycles. The van der Waals surface area contributed by atoms with Gasteiger partial charge in [-0.3, -0.25) is 0 Å². The van der Waals surface area contributed by atoms with Gasteiger partial charge >= 0.3 is 0 Å². The minimum Gasteiger partial charge on any atom is -0.244 e. The highest BCUT2D eigenvalue weighted by atomic mass is 32.1. The number of nitrogens with zero attached hydrogens (tertiary/aromatic N) is 2. The predicted molar refractivity (Wildman–Crippen MR) is 70.8 cm³/mol. The fraction of sp³-hybridized carbons (Fsp3) is 0. The number of rotatable bonds is 2. The van der Waals surface area contributed by atoms with Crippen molar-refractivity contribution in [2.75, 3.05) is 0 Å². The third-order valence-corrected chi connectivity index (χ3v) is 3.69. The van der Waals surface area contributed by atoms with Crippen LogP contribution in [-0.4, -0.2) is 9.97 Å². The smallest absolute Gasteiger partial charge is 0.115 e. The molecule has 0 aliphatic heterocycles. The summed E-state index contributed by atoms with van der Waals surface area (Å²) in [5, 5.41) is 0. The lowest BCUT2D eigenvalue weighted by atomic mass is 10.2. The van der Waals surface area contributed by atoms with Gasteiger partial charge < -0.3 is 0 Å². The zero-order valence-corrected chi connectivity index (χ0v) is 9.89. The molecule has 3 heteroatoms. The van der Waals surface area contributed by atoms with E-state index in [9.17, 15) is 0 Å². The van der Waals surface area contributed by atoms with Gasteiger partial charge in [0, 0.05) is 27.7 Å². The molecule has 2 heterocycles. The van der Waals surface area contributed by atoms with E-state index in [0.29, 0.717) is 0 Å². The fourth-order valence-electron chi connectivity index (χ4n) is 1.68. The molecule has 0 saturated carbocycles. The van der Waals surface area contributed by atoms with Crippen LogP contribution in [0.4, 0.5) is 0 Å². The molecule has 0 aliphatic carbocycles. The SMILES string of the molecule is c1ccc(-c2ccc(-c3cncnc3)s2)cc1. The topological polar surface area (TPSA) is 25.8 Å². The molecule has 17 heavy (non-hydrogen) atoms. The van der Waals surface area contributed by atoms with E-state index in [-0.39, 0.29) is 0 Å². The Bertz CT molecular complexity index is 548. The van der Waals surface area contributed by atoms with Crippen molar-refractivity contribution in [2.45, 2.75) is 0 Å². The van der Waals surface area contributed by atoms with Crippen LogP contribution >= 0.6 is 11.3 Å². The second kappa shape index (κ2) is 4.47. The Morgan fingerprint density at radius 2 is 1.35 bits per heavy atom. The third-order valence-electron chi connectivity index (χ3n) is 2.51. The third kappa shape index (κ3) is 2.10. The van der Waals surface area contributed by atoms with Crippen molar-refractivity contribution in [3.05, 3.63) is 61.2 Å². The first-order valence-electron chi connectivity index (χ1n) is 5.34. The molecule has 0 amide bonds. The van der Waals surface area contributed by atoms with E-state index in [0.717, 1.165) is 5.56 Å². The van der Waals surface area contributed by atoms with E-state index in [1.54, 1.807) is 17.7 Å². The highest BCUT2D eigenvalue weighted by Gasteiger charge is 2.04. The molecule has 0 bridgehead atoms. The molecule has 0 unspecified atom stereocenters. The number of hydrogen-bond donors (Lipinski definition) is 0. The molecule has 0 fully saturated rings. The van der Waals surface area contributed by atoms with Crippen LogP contribution in [0.15, 0.2) is 61.2 Å². The van der Waals surface area contributed by atoms with Gasteiger partial charge in [0.1, 0.15) is 6.33 Å². The highest BCUT2D eigenvalue weighted by molar-refractivity contribution is 7.18. The molecule has 2 nitrogen and oxygen atoms in total. The lowest BCUT2D eigenvalue weighted by molar-refractivity contribution is 1.17. The average Bonchev–Trinajstić information content (AvgIpc) is 2.90. The minimum absolute atomic E-state index is 1.07. The van der Waals surface area contributed by atoms with Crippen LogP contribution in [-0.2, 0) is 0 Å². The van der Waals surface area contributed by atoms with E-state index in [4.69, 9.17) is 0 Å². The van der Waals surface area contributed by atoms with E-state index >= 15 is 0 Å². The summed E-state index contributed by atoms with van der Waals surface area (Å²) in [5.41, 5.74) is 2.32. The molecule has 0 atom stereocenters. The van der Waals surface area contributed by atoms with Gasteiger partial charge in [0.25, 0.3) is 0 Å². The van der Waals surface area contributed by atoms with Crippen LogP contribution in [0, 0.1) is 0 Å². The van der Waals surface area contributed by atoms with E-state index < -0.39 is 0 Å². The molecule has 82 valence electrons. The van der Waals surface area contributed by atoms with Crippen LogP contribution in [0.1, 0.15) is 0 Å². The van der Waals surface area contributed by atoms with Crippen LogP contribution in [0.5, 0.6) is 0 Å². The van der Waals surface area contributed by atoms with E-state index in [1.807, 2.05) is 18.5 Å². The summed E-state index contributed by atoms with van der Waals surface area (Å²) >= 11 is 1.76. The number of hydrogen-bond acceptors (Lipinski definition) is 3. The number of benzene rings is 1. The van der Waals surface area contributed by atoms with Gasteiger partial charge in [-0.25, -0.2) is 9.97 Å². The standard InChI is InChI=1S/C14H10N2S/c1-2-4-11(5-3-1)13-6-7-14(17-13)12-8-15-10-16-9-12/h1-10H. The van der Waals surface area contributed by atoms with Crippen molar-refractivity contribution in [1.82, 2.24) is 9.97 Å². The van der Waals surface area contributed by atoms with Crippen molar-refractivity contribution in [3.8, 4) is 20.9 Å². The van der Waals surface area contributed by atoms with Gasteiger partial charge in [0.2, 0.25) is 0 Å².